The standard InChI is InChI=1S/C11H13N3O2S2/c1-11-3-2-8(15)14(11)7(6-18-11)9(16)13-10-12-4-5-17-10/h4-5,7H,2-3,6H2,1H3,(H,12,13,16)/t7-,11-/m1/s1. The highest BCUT2D eigenvalue weighted by Crippen LogP contribution is 2.47. The molecule has 2 aliphatic heterocycles. The molecular weight excluding hydrogens is 270 g/mol. The van der Waals surface area contributed by atoms with E-state index in [0.717, 1.165) is 6.42 Å². The number of hydrogen-bond acceptors (Lipinski definition) is 5. The summed E-state index contributed by atoms with van der Waals surface area (Å²) in [4.78, 5) is 29.7. The van der Waals surface area contributed by atoms with E-state index in [1.165, 1.54) is 11.3 Å². The molecule has 0 unspecified atom stereocenters. The molecule has 3 heterocycles. The molecule has 96 valence electrons. The quantitative estimate of drug-likeness (QED) is 0.894. The van der Waals surface area contributed by atoms with Crippen LogP contribution < -0.4 is 5.32 Å². The monoisotopic (exact) mass is 283 g/mol. The maximum atomic E-state index is 12.2. The molecule has 5 nitrogen and oxygen atoms in total. The van der Waals surface area contributed by atoms with Gasteiger partial charge >= 0.3 is 0 Å². The summed E-state index contributed by atoms with van der Waals surface area (Å²) in [6.07, 6.45) is 3.02. The van der Waals surface area contributed by atoms with E-state index in [9.17, 15) is 9.59 Å². The molecule has 0 bridgehead atoms. The molecule has 1 aromatic heterocycles. The van der Waals surface area contributed by atoms with Gasteiger partial charge in [0.25, 0.3) is 0 Å². The number of fused-ring (bicyclic) bond motifs is 1. The zero-order valence-corrected chi connectivity index (χ0v) is 11.5. The third-order valence-electron chi connectivity index (χ3n) is 3.41. The van der Waals surface area contributed by atoms with Crippen LogP contribution in [0.4, 0.5) is 5.13 Å². The van der Waals surface area contributed by atoms with E-state index in [1.807, 2.05) is 12.3 Å². The molecule has 2 amide bonds. The van der Waals surface area contributed by atoms with Crippen LogP contribution in [0.1, 0.15) is 19.8 Å². The van der Waals surface area contributed by atoms with Gasteiger partial charge in [0.2, 0.25) is 11.8 Å². The van der Waals surface area contributed by atoms with Crippen LogP contribution in [0.3, 0.4) is 0 Å². The first kappa shape index (κ1) is 12.0. The number of nitrogens with zero attached hydrogens (tertiary/aromatic N) is 2. The van der Waals surface area contributed by atoms with Gasteiger partial charge in [0.05, 0.1) is 4.87 Å². The molecule has 0 aromatic carbocycles. The summed E-state index contributed by atoms with van der Waals surface area (Å²) in [7, 11) is 0. The highest BCUT2D eigenvalue weighted by molar-refractivity contribution is 8.01. The van der Waals surface area contributed by atoms with Crippen LogP contribution in [0.5, 0.6) is 0 Å². The first-order valence-corrected chi connectivity index (χ1v) is 7.63. The zero-order chi connectivity index (χ0) is 12.8. The van der Waals surface area contributed by atoms with Crippen LogP contribution >= 0.6 is 23.1 Å². The van der Waals surface area contributed by atoms with Crippen molar-refractivity contribution in [3.05, 3.63) is 11.6 Å². The molecule has 0 aliphatic carbocycles. The first-order chi connectivity index (χ1) is 8.60. The fourth-order valence-electron chi connectivity index (χ4n) is 2.49. The summed E-state index contributed by atoms with van der Waals surface area (Å²) in [5.41, 5.74) is 0. The van der Waals surface area contributed by atoms with Crippen molar-refractivity contribution >= 4 is 40.0 Å². The second kappa shape index (κ2) is 4.24. The molecule has 0 radical (unpaired) electrons. The van der Waals surface area contributed by atoms with Gasteiger partial charge in [-0.1, -0.05) is 0 Å². The molecule has 2 aliphatic rings. The maximum absolute atomic E-state index is 12.2. The van der Waals surface area contributed by atoms with Crippen LogP contribution in [0.25, 0.3) is 0 Å². The average molecular weight is 283 g/mol. The lowest BCUT2D eigenvalue weighted by Crippen LogP contribution is -2.48. The van der Waals surface area contributed by atoms with Gasteiger partial charge < -0.3 is 10.2 Å². The second-order valence-corrected chi connectivity index (χ2v) is 6.99. The lowest BCUT2D eigenvalue weighted by Gasteiger charge is -2.29. The van der Waals surface area contributed by atoms with Crippen molar-refractivity contribution in [1.82, 2.24) is 9.88 Å². The van der Waals surface area contributed by atoms with Crippen molar-refractivity contribution in [1.29, 1.82) is 0 Å². The Morgan fingerprint density at radius 2 is 2.50 bits per heavy atom. The van der Waals surface area contributed by atoms with Gasteiger partial charge in [-0.2, -0.15) is 0 Å². The molecule has 2 saturated heterocycles. The predicted octanol–water partition coefficient (Wildman–Crippen LogP) is 1.54. The third kappa shape index (κ3) is 1.81. The largest absolute Gasteiger partial charge is 0.315 e. The Labute approximate surface area is 113 Å². The summed E-state index contributed by atoms with van der Waals surface area (Å²) in [5.74, 6) is 0.623. The average Bonchev–Trinajstić information content (AvgIpc) is 2.99. The Morgan fingerprint density at radius 3 is 3.22 bits per heavy atom. The minimum atomic E-state index is -0.362. The molecule has 18 heavy (non-hydrogen) atoms. The number of hydrogen-bond donors (Lipinski definition) is 1. The van der Waals surface area contributed by atoms with Crippen molar-refractivity contribution in [3.63, 3.8) is 0 Å². The van der Waals surface area contributed by atoms with Crippen molar-refractivity contribution in [2.45, 2.75) is 30.7 Å². The minimum absolute atomic E-state index is 0.0850. The number of nitrogens with one attached hydrogen (secondary N) is 1. The smallest absolute Gasteiger partial charge is 0.249 e. The Morgan fingerprint density at radius 1 is 1.67 bits per heavy atom. The number of aromatic nitrogens is 1. The third-order valence-corrected chi connectivity index (χ3v) is 5.60. The van der Waals surface area contributed by atoms with Crippen LogP contribution in [-0.4, -0.2) is 38.4 Å². The van der Waals surface area contributed by atoms with Crippen LogP contribution in [0.2, 0.25) is 0 Å². The number of thioether (sulfide) groups is 1. The van der Waals surface area contributed by atoms with Crippen molar-refractivity contribution in [2.75, 3.05) is 11.1 Å². The summed E-state index contributed by atoms with van der Waals surface area (Å²) in [6.45, 7) is 2.04. The van der Waals surface area contributed by atoms with E-state index >= 15 is 0 Å². The normalized spacial score (nSPS) is 30.6. The van der Waals surface area contributed by atoms with E-state index in [2.05, 4.69) is 10.3 Å². The van der Waals surface area contributed by atoms with E-state index in [0.29, 0.717) is 17.3 Å². The Hall–Kier alpha value is -1.08. The van der Waals surface area contributed by atoms with E-state index in [-0.39, 0.29) is 22.7 Å². The van der Waals surface area contributed by atoms with Crippen molar-refractivity contribution in [3.8, 4) is 0 Å². The van der Waals surface area contributed by atoms with Gasteiger partial charge in [-0.05, 0) is 13.3 Å². The summed E-state index contributed by atoms with van der Waals surface area (Å²) < 4.78 is 0. The van der Waals surface area contributed by atoms with Crippen LogP contribution in [0, 0.1) is 0 Å². The van der Waals surface area contributed by atoms with Gasteiger partial charge in [0, 0.05) is 23.8 Å². The Balaban J connectivity index is 1.77. The van der Waals surface area contributed by atoms with E-state index in [1.54, 1.807) is 22.9 Å². The number of rotatable bonds is 2. The topological polar surface area (TPSA) is 62.3 Å². The SMILES string of the molecule is C[C@@]12CCC(=O)N1[C@@H](C(=O)Nc1nccs1)CS2. The van der Waals surface area contributed by atoms with Gasteiger partial charge in [-0.3, -0.25) is 9.59 Å². The first-order valence-electron chi connectivity index (χ1n) is 5.77. The molecule has 2 fully saturated rings. The number of thiazole rings is 1. The van der Waals surface area contributed by atoms with Gasteiger partial charge in [0.1, 0.15) is 6.04 Å². The Bertz CT molecular complexity index is 490. The van der Waals surface area contributed by atoms with Gasteiger partial charge in [-0.25, -0.2) is 4.98 Å². The van der Waals surface area contributed by atoms with E-state index < -0.39 is 0 Å². The Kier molecular flexibility index (Phi) is 2.82. The lowest BCUT2D eigenvalue weighted by atomic mass is 10.2. The molecule has 0 spiro atoms. The summed E-state index contributed by atoms with van der Waals surface area (Å²) >= 11 is 3.08. The van der Waals surface area contributed by atoms with Crippen molar-refractivity contribution in [2.24, 2.45) is 0 Å². The number of anilines is 1. The fraction of sp³-hybridized carbons (Fsp3) is 0.545. The molecule has 1 aromatic rings. The number of amides is 2. The highest BCUT2D eigenvalue weighted by atomic mass is 32.2. The summed E-state index contributed by atoms with van der Waals surface area (Å²) in [6, 6.07) is -0.362. The highest BCUT2D eigenvalue weighted by Gasteiger charge is 2.52. The van der Waals surface area contributed by atoms with Crippen LogP contribution in [0.15, 0.2) is 11.6 Å². The molecule has 3 rings (SSSR count). The molecule has 0 saturated carbocycles. The predicted molar refractivity (Wildman–Crippen MR) is 71.5 cm³/mol. The fourth-order valence-corrected chi connectivity index (χ4v) is 4.45. The van der Waals surface area contributed by atoms with E-state index in [4.69, 9.17) is 0 Å². The summed E-state index contributed by atoms with van der Waals surface area (Å²) in [5, 5.41) is 5.17. The maximum Gasteiger partial charge on any atom is 0.249 e. The minimum Gasteiger partial charge on any atom is -0.315 e. The van der Waals surface area contributed by atoms with Crippen LogP contribution in [-0.2, 0) is 9.59 Å². The molecular formula is C11H13N3O2S2. The molecule has 2 atom stereocenters. The van der Waals surface area contributed by atoms with Crippen molar-refractivity contribution < 1.29 is 9.59 Å². The number of carbonyl (C=O) groups is 2. The zero-order valence-electron chi connectivity index (χ0n) is 9.88. The molecule has 1 N–H and O–H groups in total. The second-order valence-electron chi connectivity index (χ2n) is 4.59. The molecule has 7 heteroatoms. The number of carbonyl (C=O) groups excluding carboxylic acids is 2. The van der Waals surface area contributed by atoms with Gasteiger partial charge in [0.15, 0.2) is 5.13 Å². The lowest BCUT2D eigenvalue weighted by molar-refractivity contribution is -0.135. The van der Waals surface area contributed by atoms with Gasteiger partial charge in [-0.15, -0.1) is 23.1 Å².